The fourth-order valence-corrected chi connectivity index (χ4v) is 4.24. The molecule has 1 aliphatic heterocycles. The molecular weight excluding hydrogens is 380 g/mol. The molecular formula is C12H16Br2N2OS. The molecule has 2 rings (SSSR count). The third-order valence-corrected chi connectivity index (χ3v) is 6.67. The van der Waals surface area contributed by atoms with Crippen molar-refractivity contribution in [3.8, 4) is 0 Å². The largest absolute Gasteiger partial charge is 0.335 e. The zero-order valence-electron chi connectivity index (χ0n) is 10.2. The average Bonchev–Trinajstić information content (AvgIpc) is 2.69. The molecule has 0 bridgehead atoms. The van der Waals surface area contributed by atoms with Crippen molar-refractivity contribution in [2.45, 2.75) is 25.8 Å². The van der Waals surface area contributed by atoms with E-state index in [2.05, 4.69) is 38.8 Å². The molecule has 1 aromatic rings. The van der Waals surface area contributed by atoms with E-state index in [4.69, 9.17) is 5.73 Å². The van der Waals surface area contributed by atoms with Gasteiger partial charge in [-0.1, -0.05) is 0 Å². The number of thiophene rings is 1. The van der Waals surface area contributed by atoms with E-state index in [9.17, 15) is 4.79 Å². The number of carbonyl (C=O) groups excluding carboxylic acids is 1. The van der Waals surface area contributed by atoms with E-state index >= 15 is 0 Å². The van der Waals surface area contributed by atoms with Gasteiger partial charge in [-0.3, -0.25) is 4.79 Å². The van der Waals surface area contributed by atoms with Crippen LogP contribution in [-0.2, 0) is 0 Å². The second-order valence-corrected chi connectivity index (χ2v) is 7.94. The smallest absolute Gasteiger partial charge is 0.264 e. The number of likely N-dealkylation sites (tertiary alicyclic amines) is 1. The molecule has 100 valence electrons. The predicted octanol–water partition coefficient (Wildman–Crippen LogP) is 3.47. The van der Waals surface area contributed by atoms with Gasteiger partial charge in [-0.15, -0.1) is 11.3 Å². The lowest BCUT2D eigenvalue weighted by Crippen LogP contribution is -2.46. The van der Waals surface area contributed by atoms with Gasteiger partial charge in [0.05, 0.1) is 8.66 Å². The lowest BCUT2D eigenvalue weighted by molar-refractivity contribution is 0.0572. The molecule has 0 aliphatic carbocycles. The van der Waals surface area contributed by atoms with E-state index in [-0.39, 0.29) is 5.91 Å². The fourth-order valence-electron chi connectivity index (χ4n) is 2.25. The zero-order valence-corrected chi connectivity index (χ0v) is 14.1. The second-order valence-electron chi connectivity index (χ2n) is 4.72. The van der Waals surface area contributed by atoms with Crippen LogP contribution in [-0.4, -0.2) is 29.9 Å². The second kappa shape index (κ2) is 6.03. The van der Waals surface area contributed by atoms with Gasteiger partial charge in [-0.25, -0.2) is 0 Å². The SMILES string of the molecule is CC1CCC(CN)CN1C(=O)c1cc(Br)c(Br)s1. The first-order valence-corrected chi connectivity index (χ1v) is 8.39. The molecule has 0 saturated carbocycles. The Labute approximate surface area is 128 Å². The molecule has 1 amide bonds. The van der Waals surface area contributed by atoms with Crippen LogP contribution in [0.5, 0.6) is 0 Å². The van der Waals surface area contributed by atoms with Gasteiger partial charge in [0.25, 0.3) is 5.91 Å². The lowest BCUT2D eigenvalue weighted by atomic mass is 9.93. The normalized spacial score (nSPS) is 24.3. The van der Waals surface area contributed by atoms with Crippen molar-refractivity contribution in [1.29, 1.82) is 0 Å². The number of hydrogen-bond acceptors (Lipinski definition) is 3. The summed E-state index contributed by atoms with van der Waals surface area (Å²) in [6, 6.07) is 2.19. The van der Waals surface area contributed by atoms with Crippen LogP contribution in [0.25, 0.3) is 0 Å². The van der Waals surface area contributed by atoms with Crippen molar-refractivity contribution < 1.29 is 4.79 Å². The Balaban J connectivity index is 2.16. The average molecular weight is 396 g/mol. The summed E-state index contributed by atoms with van der Waals surface area (Å²) < 4.78 is 1.90. The van der Waals surface area contributed by atoms with Crippen molar-refractivity contribution in [2.24, 2.45) is 11.7 Å². The minimum Gasteiger partial charge on any atom is -0.335 e. The fraction of sp³-hybridized carbons (Fsp3) is 0.583. The Morgan fingerprint density at radius 1 is 1.56 bits per heavy atom. The van der Waals surface area contributed by atoms with Crippen LogP contribution in [0.2, 0.25) is 0 Å². The maximum absolute atomic E-state index is 12.5. The highest BCUT2D eigenvalue weighted by Crippen LogP contribution is 2.34. The van der Waals surface area contributed by atoms with Crippen LogP contribution in [0, 0.1) is 5.92 Å². The molecule has 1 fully saturated rings. The minimum atomic E-state index is 0.122. The highest BCUT2D eigenvalue weighted by Gasteiger charge is 2.29. The summed E-state index contributed by atoms with van der Waals surface area (Å²) in [6.07, 6.45) is 2.17. The van der Waals surface area contributed by atoms with Gasteiger partial charge >= 0.3 is 0 Å². The van der Waals surface area contributed by atoms with Crippen LogP contribution >= 0.6 is 43.2 Å². The van der Waals surface area contributed by atoms with Gasteiger partial charge in [-0.05, 0) is 70.2 Å². The van der Waals surface area contributed by atoms with Crippen LogP contribution < -0.4 is 5.73 Å². The summed E-state index contributed by atoms with van der Waals surface area (Å²) in [5.41, 5.74) is 5.73. The van der Waals surface area contributed by atoms with E-state index in [0.717, 1.165) is 32.5 Å². The first-order valence-electron chi connectivity index (χ1n) is 5.98. The maximum atomic E-state index is 12.5. The van der Waals surface area contributed by atoms with E-state index < -0.39 is 0 Å². The molecule has 3 nitrogen and oxygen atoms in total. The van der Waals surface area contributed by atoms with Crippen LogP contribution in [0.3, 0.4) is 0 Å². The maximum Gasteiger partial charge on any atom is 0.264 e. The molecule has 1 saturated heterocycles. The number of nitrogens with zero attached hydrogens (tertiary/aromatic N) is 1. The molecule has 18 heavy (non-hydrogen) atoms. The van der Waals surface area contributed by atoms with Gasteiger partial charge in [0.15, 0.2) is 0 Å². The van der Waals surface area contributed by atoms with E-state index in [0.29, 0.717) is 18.5 Å². The third kappa shape index (κ3) is 2.98. The standard InChI is InChI=1S/C12H16Br2N2OS/c1-7-2-3-8(5-15)6-16(7)12(17)10-4-9(13)11(14)18-10/h4,7-8H,2-3,5-6,15H2,1H3. The first kappa shape index (κ1) is 14.5. The van der Waals surface area contributed by atoms with Gasteiger partial charge in [0.2, 0.25) is 0 Å². The number of rotatable bonds is 2. The summed E-state index contributed by atoms with van der Waals surface area (Å²) >= 11 is 8.33. The van der Waals surface area contributed by atoms with Crippen LogP contribution in [0.4, 0.5) is 0 Å². The third-order valence-electron chi connectivity index (χ3n) is 3.43. The summed E-state index contributed by atoms with van der Waals surface area (Å²) in [7, 11) is 0. The predicted molar refractivity (Wildman–Crippen MR) is 82.0 cm³/mol. The molecule has 6 heteroatoms. The number of hydrogen-bond donors (Lipinski definition) is 1. The van der Waals surface area contributed by atoms with Crippen LogP contribution in [0.15, 0.2) is 14.3 Å². The summed E-state index contributed by atoms with van der Waals surface area (Å²) in [6.45, 7) is 3.56. The minimum absolute atomic E-state index is 0.122. The van der Waals surface area contributed by atoms with Gasteiger partial charge in [-0.2, -0.15) is 0 Å². The Bertz CT molecular complexity index is 430. The Morgan fingerprint density at radius 2 is 2.28 bits per heavy atom. The van der Waals surface area contributed by atoms with E-state index in [1.165, 1.54) is 11.3 Å². The van der Waals surface area contributed by atoms with Gasteiger partial charge in [0.1, 0.15) is 0 Å². The van der Waals surface area contributed by atoms with Gasteiger partial charge in [0, 0.05) is 17.1 Å². The van der Waals surface area contributed by atoms with E-state index in [1.54, 1.807) is 0 Å². The molecule has 0 aromatic carbocycles. The highest BCUT2D eigenvalue weighted by atomic mass is 79.9. The molecule has 2 heterocycles. The van der Waals surface area contributed by atoms with Crippen molar-refractivity contribution >= 4 is 49.1 Å². The zero-order chi connectivity index (χ0) is 13.3. The number of halogens is 2. The summed E-state index contributed by atoms with van der Waals surface area (Å²) in [5, 5.41) is 0. The van der Waals surface area contributed by atoms with Gasteiger partial charge < -0.3 is 10.6 Å². The number of piperidine rings is 1. The molecule has 0 spiro atoms. The van der Waals surface area contributed by atoms with Crippen molar-refractivity contribution in [3.05, 3.63) is 19.2 Å². The molecule has 2 N–H and O–H groups in total. The van der Waals surface area contributed by atoms with Crippen molar-refractivity contribution in [1.82, 2.24) is 4.90 Å². The molecule has 1 aromatic heterocycles. The number of amides is 1. The van der Waals surface area contributed by atoms with E-state index in [1.807, 2.05) is 11.0 Å². The molecule has 2 unspecified atom stereocenters. The summed E-state index contributed by atoms with van der Waals surface area (Å²) in [5.74, 6) is 0.564. The Morgan fingerprint density at radius 3 is 2.83 bits per heavy atom. The monoisotopic (exact) mass is 394 g/mol. The topological polar surface area (TPSA) is 46.3 Å². The highest BCUT2D eigenvalue weighted by molar-refractivity contribution is 9.13. The van der Waals surface area contributed by atoms with Crippen molar-refractivity contribution in [2.75, 3.05) is 13.1 Å². The Hall–Kier alpha value is 0.0900. The summed E-state index contributed by atoms with van der Waals surface area (Å²) in [4.78, 5) is 15.2. The molecule has 1 aliphatic rings. The molecule has 2 atom stereocenters. The number of carbonyl (C=O) groups is 1. The van der Waals surface area contributed by atoms with Crippen LogP contribution in [0.1, 0.15) is 29.4 Å². The number of nitrogens with two attached hydrogens (primary N) is 1. The van der Waals surface area contributed by atoms with Crippen molar-refractivity contribution in [3.63, 3.8) is 0 Å². The lowest BCUT2D eigenvalue weighted by Gasteiger charge is -2.37. The molecule has 0 radical (unpaired) electrons. The Kier molecular flexibility index (Phi) is 4.86. The quantitative estimate of drug-likeness (QED) is 0.833. The first-order chi connectivity index (χ1) is 8.52.